The van der Waals surface area contributed by atoms with Gasteiger partial charge in [-0.15, -0.1) is 0 Å². The Kier molecular flexibility index (Phi) is 5.98. The first-order valence-corrected chi connectivity index (χ1v) is 6.69. The summed E-state index contributed by atoms with van der Waals surface area (Å²) in [5, 5.41) is 13.8. The molecule has 0 radical (unpaired) electrons. The van der Waals surface area contributed by atoms with Crippen molar-refractivity contribution in [3.05, 3.63) is 28.2 Å². The topological polar surface area (TPSA) is 78.4 Å². The van der Waals surface area contributed by atoms with E-state index in [-0.39, 0.29) is 19.1 Å². The third-order valence-corrected chi connectivity index (χ3v) is 3.06. The summed E-state index contributed by atoms with van der Waals surface area (Å²) in [5.74, 6) is -1.50. The number of halogens is 1. The number of aryl methyl sites for hydroxylation is 1. The van der Waals surface area contributed by atoms with E-state index >= 15 is 0 Å². The van der Waals surface area contributed by atoms with Crippen LogP contribution < -0.4 is 10.6 Å². The maximum absolute atomic E-state index is 11.7. The number of aliphatic hydroxyl groups excluding tert-OH is 1. The van der Waals surface area contributed by atoms with Gasteiger partial charge in [0, 0.05) is 23.3 Å². The SMILES string of the molecule is Cc1cc(Br)ccc1NC(=O)C(=O)NCC(C)CO. The van der Waals surface area contributed by atoms with Gasteiger partial charge in [0.1, 0.15) is 0 Å². The largest absolute Gasteiger partial charge is 0.396 e. The second-order valence-corrected chi connectivity index (χ2v) is 5.33. The number of carbonyl (C=O) groups is 2. The van der Waals surface area contributed by atoms with Crippen LogP contribution in [0.1, 0.15) is 12.5 Å². The lowest BCUT2D eigenvalue weighted by Crippen LogP contribution is -2.38. The number of aliphatic hydroxyl groups is 1. The van der Waals surface area contributed by atoms with Crippen molar-refractivity contribution >= 4 is 33.4 Å². The maximum Gasteiger partial charge on any atom is 0.313 e. The van der Waals surface area contributed by atoms with Crippen molar-refractivity contribution in [1.29, 1.82) is 0 Å². The first kappa shape index (κ1) is 15.7. The molecule has 0 aromatic heterocycles. The van der Waals surface area contributed by atoms with Gasteiger partial charge in [0.25, 0.3) is 0 Å². The molecule has 0 fully saturated rings. The Balaban J connectivity index is 2.56. The van der Waals surface area contributed by atoms with Crippen molar-refractivity contribution in [2.75, 3.05) is 18.5 Å². The summed E-state index contributed by atoms with van der Waals surface area (Å²) >= 11 is 3.32. The summed E-state index contributed by atoms with van der Waals surface area (Å²) in [5.41, 5.74) is 1.46. The molecule has 5 nitrogen and oxygen atoms in total. The molecule has 2 amide bonds. The van der Waals surface area contributed by atoms with Crippen LogP contribution in [-0.4, -0.2) is 30.1 Å². The minimum Gasteiger partial charge on any atom is -0.396 e. The molecular weight excluding hydrogens is 312 g/mol. The summed E-state index contributed by atoms with van der Waals surface area (Å²) in [6, 6.07) is 5.36. The molecule has 0 heterocycles. The van der Waals surface area contributed by atoms with E-state index < -0.39 is 11.8 Å². The molecule has 1 unspecified atom stereocenters. The highest BCUT2D eigenvalue weighted by atomic mass is 79.9. The summed E-state index contributed by atoms with van der Waals surface area (Å²) in [6.07, 6.45) is 0. The van der Waals surface area contributed by atoms with Crippen LogP contribution in [0.2, 0.25) is 0 Å². The molecule has 1 rings (SSSR count). The smallest absolute Gasteiger partial charge is 0.313 e. The van der Waals surface area contributed by atoms with Crippen LogP contribution in [0.5, 0.6) is 0 Å². The van der Waals surface area contributed by atoms with E-state index in [1.54, 1.807) is 19.1 Å². The van der Waals surface area contributed by atoms with E-state index in [2.05, 4.69) is 26.6 Å². The van der Waals surface area contributed by atoms with Crippen LogP contribution in [0.15, 0.2) is 22.7 Å². The van der Waals surface area contributed by atoms with Gasteiger partial charge in [0.05, 0.1) is 0 Å². The lowest BCUT2D eigenvalue weighted by Gasteiger charge is -2.11. The molecule has 19 heavy (non-hydrogen) atoms. The van der Waals surface area contributed by atoms with Crippen LogP contribution in [0.4, 0.5) is 5.69 Å². The number of amides is 2. The van der Waals surface area contributed by atoms with Gasteiger partial charge in [-0.1, -0.05) is 22.9 Å². The molecule has 1 aromatic carbocycles. The highest BCUT2D eigenvalue weighted by molar-refractivity contribution is 9.10. The average Bonchev–Trinajstić information content (AvgIpc) is 2.38. The zero-order valence-electron chi connectivity index (χ0n) is 10.9. The number of benzene rings is 1. The summed E-state index contributed by atoms with van der Waals surface area (Å²) in [7, 11) is 0. The molecule has 6 heteroatoms. The van der Waals surface area contributed by atoms with Gasteiger partial charge in [-0.3, -0.25) is 9.59 Å². The fourth-order valence-corrected chi connectivity index (χ4v) is 1.83. The lowest BCUT2D eigenvalue weighted by atomic mass is 10.2. The molecule has 0 spiro atoms. The maximum atomic E-state index is 11.7. The van der Waals surface area contributed by atoms with E-state index in [1.807, 2.05) is 13.0 Å². The third kappa shape index (κ3) is 5.00. The predicted molar refractivity (Wildman–Crippen MR) is 76.8 cm³/mol. The minimum atomic E-state index is -0.712. The standard InChI is InChI=1S/C13H17BrN2O3/c1-8(7-17)6-15-12(18)13(19)16-11-4-3-10(14)5-9(11)2/h3-5,8,17H,6-7H2,1-2H3,(H,15,18)(H,16,19). The third-order valence-electron chi connectivity index (χ3n) is 2.57. The predicted octanol–water partition coefficient (Wildman–Crippen LogP) is 1.44. The number of anilines is 1. The van der Waals surface area contributed by atoms with Crippen molar-refractivity contribution in [2.45, 2.75) is 13.8 Å². The molecule has 0 saturated carbocycles. The molecule has 1 atom stereocenters. The summed E-state index contributed by atoms with van der Waals surface area (Å²) in [4.78, 5) is 23.2. The van der Waals surface area contributed by atoms with Crippen LogP contribution in [0.25, 0.3) is 0 Å². The van der Waals surface area contributed by atoms with Crippen molar-refractivity contribution < 1.29 is 14.7 Å². The van der Waals surface area contributed by atoms with E-state index in [1.165, 1.54) is 0 Å². The van der Waals surface area contributed by atoms with Crippen LogP contribution in [0.3, 0.4) is 0 Å². The molecule has 0 saturated heterocycles. The van der Waals surface area contributed by atoms with Crippen LogP contribution >= 0.6 is 15.9 Å². The number of hydrogen-bond donors (Lipinski definition) is 3. The second-order valence-electron chi connectivity index (χ2n) is 4.41. The summed E-state index contributed by atoms with van der Waals surface area (Å²) in [6.45, 7) is 3.85. The van der Waals surface area contributed by atoms with Crippen LogP contribution in [0, 0.1) is 12.8 Å². The lowest BCUT2D eigenvalue weighted by molar-refractivity contribution is -0.136. The monoisotopic (exact) mass is 328 g/mol. The fourth-order valence-electron chi connectivity index (χ4n) is 1.36. The first-order valence-electron chi connectivity index (χ1n) is 5.90. The van der Waals surface area contributed by atoms with Gasteiger partial charge in [-0.25, -0.2) is 0 Å². The van der Waals surface area contributed by atoms with Crippen molar-refractivity contribution in [3.8, 4) is 0 Å². The number of carbonyl (C=O) groups excluding carboxylic acids is 2. The Hall–Kier alpha value is -1.40. The van der Waals surface area contributed by atoms with Gasteiger partial charge in [0.15, 0.2) is 0 Å². The normalized spacial score (nSPS) is 11.8. The zero-order valence-corrected chi connectivity index (χ0v) is 12.5. The van der Waals surface area contributed by atoms with Gasteiger partial charge in [-0.2, -0.15) is 0 Å². The molecule has 0 aliphatic rings. The fraction of sp³-hybridized carbons (Fsp3) is 0.385. The Bertz CT molecular complexity index is 477. The Morgan fingerprint density at radius 2 is 2.05 bits per heavy atom. The van der Waals surface area contributed by atoms with Gasteiger partial charge < -0.3 is 15.7 Å². The molecule has 104 valence electrons. The van der Waals surface area contributed by atoms with E-state index in [9.17, 15) is 9.59 Å². The Morgan fingerprint density at radius 1 is 1.37 bits per heavy atom. The highest BCUT2D eigenvalue weighted by Crippen LogP contribution is 2.19. The number of nitrogens with one attached hydrogen (secondary N) is 2. The summed E-state index contributed by atoms with van der Waals surface area (Å²) < 4.78 is 0.907. The van der Waals surface area contributed by atoms with Crippen molar-refractivity contribution in [3.63, 3.8) is 0 Å². The molecule has 0 bridgehead atoms. The number of hydrogen-bond acceptors (Lipinski definition) is 3. The van der Waals surface area contributed by atoms with E-state index in [0.29, 0.717) is 5.69 Å². The molecule has 3 N–H and O–H groups in total. The zero-order chi connectivity index (χ0) is 14.4. The quantitative estimate of drug-likeness (QED) is 0.732. The van der Waals surface area contributed by atoms with Gasteiger partial charge >= 0.3 is 11.8 Å². The molecule has 0 aliphatic carbocycles. The van der Waals surface area contributed by atoms with Gasteiger partial charge in [0.2, 0.25) is 0 Å². The van der Waals surface area contributed by atoms with Crippen LogP contribution in [-0.2, 0) is 9.59 Å². The minimum absolute atomic E-state index is 0.0340. The molecule has 1 aromatic rings. The Morgan fingerprint density at radius 3 is 2.63 bits per heavy atom. The first-order chi connectivity index (χ1) is 8.93. The van der Waals surface area contributed by atoms with E-state index in [0.717, 1.165) is 10.0 Å². The highest BCUT2D eigenvalue weighted by Gasteiger charge is 2.15. The molecule has 0 aliphatic heterocycles. The molecular formula is C13H17BrN2O3. The van der Waals surface area contributed by atoms with Crippen molar-refractivity contribution in [1.82, 2.24) is 5.32 Å². The van der Waals surface area contributed by atoms with Gasteiger partial charge in [-0.05, 0) is 36.6 Å². The second kappa shape index (κ2) is 7.25. The van der Waals surface area contributed by atoms with Crippen molar-refractivity contribution in [2.24, 2.45) is 5.92 Å². The number of rotatable bonds is 4. The van der Waals surface area contributed by atoms with E-state index in [4.69, 9.17) is 5.11 Å². The Labute approximate surface area is 120 Å². The average molecular weight is 329 g/mol.